The number of hydrogen-bond acceptors (Lipinski definition) is 3. The fourth-order valence-corrected chi connectivity index (χ4v) is 3.36. The average Bonchev–Trinajstić information content (AvgIpc) is 2.47. The molecule has 1 N–H and O–H groups in total. The van der Waals surface area contributed by atoms with Crippen molar-refractivity contribution < 1.29 is 14.6 Å². The number of ether oxygens (including phenoxy) is 1. The molecule has 1 aliphatic rings. The van der Waals surface area contributed by atoms with Crippen molar-refractivity contribution in [1.29, 1.82) is 0 Å². The number of nitrogens with zero attached hydrogens (tertiary/aromatic N) is 1. The molecule has 1 fully saturated rings. The molecule has 130 valence electrons. The van der Waals surface area contributed by atoms with Crippen LogP contribution in [0.25, 0.3) is 0 Å². The molecule has 2 unspecified atom stereocenters. The van der Waals surface area contributed by atoms with Crippen LogP contribution in [0.5, 0.6) is 0 Å². The van der Waals surface area contributed by atoms with Gasteiger partial charge in [0.1, 0.15) is 5.60 Å². The van der Waals surface area contributed by atoms with Crippen molar-refractivity contribution in [2.24, 2.45) is 11.3 Å². The van der Waals surface area contributed by atoms with Gasteiger partial charge in [0, 0.05) is 12.1 Å². The Bertz CT molecular complexity index is 390. The first-order valence-corrected chi connectivity index (χ1v) is 8.38. The summed E-state index contributed by atoms with van der Waals surface area (Å²) in [6, 6.07) is 0. The van der Waals surface area contributed by atoms with E-state index in [1.54, 1.807) is 0 Å². The van der Waals surface area contributed by atoms with Gasteiger partial charge in [-0.25, -0.2) is 4.79 Å². The third kappa shape index (κ3) is 6.15. The molecule has 1 amide bonds. The van der Waals surface area contributed by atoms with Gasteiger partial charge in [0.15, 0.2) is 0 Å². The van der Waals surface area contributed by atoms with Gasteiger partial charge in [0.2, 0.25) is 0 Å². The molecule has 0 aromatic heterocycles. The van der Waals surface area contributed by atoms with Crippen LogP contribution in [-0.2, 0) is 4.74 Å². The number of aliphatic hydroxyl groups excluding tert-OH is 1. The lowest BCUT2D eigenvalue weighted by molar-refractivity contribution is 0.0127. The zero-order valence-electron chi connectivity index (χ0n) is 15.7. The maximum Gasteiger partial charge on any atom is 0.410 e. The highest BCUT2D eigenvalue weighted by Gasteiger charge is 2.43. The molecule has 0 bridgehead atoms. The largest absolute Gasteiger partial charge is 0.444 e. The van der Waals surface area contributed by atoms with E-state index in [0.29, 0.717) is 12.5 Å². The van der Waals surface area contributed by atoms with E-state index in [2.05, 4.69) is 34.6 Å². The van der Waals surface area contributed by atoms with E-state index in [1.807, 2.05) is 25.7 Å². The van der Waals surface area contributed by atoms with Gasteiger partial charge in [-0.15, -0.1) is 0 Å². The molecular weight excluding hydrogens is 278 g/mol. The summed E-state index contributed by atoms with van der Waals surface area (Å²) in [6.07, 6.45) is 1.90. The molecule has 0 saturated carbocycles. The normalized spacial score (nSPS) is 23.5. The van der Waals surface area contributed by atoms with E-state index in [4.69, 9.17) is 4.74 Å². The summed E-state index contributed by atoms with van der Waals surface area (Å²) in [5.41, 5.74) is -0.566. The van der Waals surface area contributed by atoms with Gasteiger partial charge in [-0.05, 0) is 65.2 Å². The Balaban J connectivity index is 2.64. The van der Waals surface area contributed by atoms with Crippen LogP contribution in [-0.4, -0.2) is 39.9 Å². The van der Waals surface area contributed by atoms with Crippen LogP contribution < -0.4 is 0 Å². The number of likely N-dealkylation sites (tertiary alicyclic amines) is 1. The molecule has 22 heavy (non-hydrogen) atoms. The third-order valence-electron chi connectivity index (χ3n) is 4.03. The Kier molecular flexibility index (Phi) is 5.59. The summed E-state index contributed by atoms with van der Waals surface area (Å²) in [6.45, 7) is 16.9. The molecule has 4 nitrogen and oxygen atoms in total. The molecule has 0 spiro atoms. The van der Waals surface area contributed by atoms with E-state index in [-0.39, 0.29) is 23.2 Å². The first-order chi connectivity index (χ1) is 9.70. The topological polar surface area (TPSA) is 49.8 Å². The van der Waals surface area contributed by atoms with E-state index < -0.39 is 5.60 Å². The maximum atomic E-state index is 12.4. The summed E-state index contributed by atoms with van der Waals surface area (Å²) in [5.74, 6) is 0.333. The smallest absolute Gasteiger partial charge is 0.410 e. The minimum Gasteiger partial charge on any atom is -0.444 e. The van der Waals surface area contributed by atoms with Crippen molar-refractivity contribution in [3.63, 3.8) is 0 Å². The fourth-order valence-electron chi connectivity index (χ4n) is 3.36. The van der Waals surface area contributed by atoms with Gasteiger partial charge in [-0.2, -0.15) is 0 Å². The number of carbonyl (C=O) groups excluding carboxylic acids is 1. The molecule has 0 aliphatic carbocycles. The van der Waals surface area contributed by atoms with Gasteiger partial charge in [-0.3, -0.25) is 0 Å². The highest BCUT2D eigenvalue weighted by molar-refractivity contribution is 5.69. The minimum atomic E-state index is -0.475. The zero-order chi connectivity index (χ0) is 17.3. The van der Waals surface area contributed by atoms with E-state index >= 15 is 0 Å². The summed E-state index contributed by atoms with van der Waals surface area (Å²) in [7, 11) is 0. The summed E-state index contributed by atoms with van der Waals surface area (Å²) in [4.78, 5) is 14.2. The summed E-state index contributed by atoms with van der Waals surface area (Å²) in [5, 5.41) is 10.3. The molecule has 2 atom stereocenters. The average molecular weight is 313 g/mol. The van der Waals surface area contributed by atoms with Gasteiger partial charge in [0.25, 0.3) is 0 Å². The number of rotatable bonds is 3. The lowest BCUT2D eigenvalue weighted by Gasteiger charge is -2.33. The Labute approximate surface area is 136 Å². The number of amides is 1. The highest BCUT2D eigenvalue weighted by atomic mass is 16.6. The van der Waals surface area contributed by atoms with Crippen molar-refractivity contribution in [2.45, 2.75) is 91.9 Å². The van der Waals surface area contributed by atoms with Crippen LogP contribution in [0.2, 0.25) is 0 Å². The second kappa shape index (κ2) is 6.38. The molecule has 4 heteroatoms. The lowest BCUT2D eigenvalue weighted by Crippen LogP contribution is -2.45. The van der Waals surface area contributed by atoms with Crippen molar-refractivity contribution >= 4 is 6.09 Å². The van der Waals surface area contributed by atoms with Gasteiger partial charge >= 0.3 is 6.09 Å². The predicted octanol–water partition coefficient (Wildman–Crippen LogP) is 4.21. The second-order valence-electron chi connectivity index (χ2n) is 9.63. The molecule has 0 aromatic carbocycles. The number of hydrogen-bond donors (Lipinski definition) is 1. The fraction of sp³-hybridized carbons (Fsp3) is 0.944. The SMILES string of the molecule is CC(C)(C)CC(O)CC1CN(C(=O)OC(C)(C)C)C(C)(C)C1. The lowest BCUT2D eigenvalue weighted by atomic mass is 9.84. The predicted molar refractivity (Wildman–Crippen MR) is 89.8 cm³/mol. The van der Waals surface area contributed by atoms with Crippen LogP contribution in [0.3, 0.4) is 0 Å². The highest BCUT2D eigenvalue weighted by Crippen LogP contribution is 2.37. The van der Waals surface area contributed by atoms with Crippen LogP contribution >= 0.6 is 0 Å². The molecule has 1 saturated heterocycles. The first-order valence-electron chi connectivity index (χ1n) is 8.38. The molecule has 0 aromatic rings. The van der Waals surface area contributed by atoms with Gasteiger partial charge < -0.3 is 14.7 Å². The van der Waals surface area contributed by atoms with Gasteiger partial charge in [0.05, 0.1) is 6.10 Å². The molecule has 1 heterocycles. The molecular formula is C18H35NO3. The van der Waals surface area contributed by atoms with Crippen LogP contribution in [0.1, 0.15) is 74.7 Å². The van der Waals surface area contributed by atoms with E-state index in [0.717, 1.165) is 19.3 Å². The van der Waals surface area contributed by atoms with Crippen molar-refractivity contribution in [3.8, 4) is 0 Å². The van der Waals surface area contributed by atoms with Crippen LogP contribution in [0, 0.1) is 11.3 Å². The Morgan fingerprint density at radius 3 is 2.27 bits per heavy atom. The van der Waals surface area contributed by atoms with Gasteiger partial charge in [-0.1, -0.05) is 20.8 Å². The van der Waals surface area contributed by atoms with Crippen molar-refractivity contribution in [3.05, 3.63) is 0 Å². The molecule has 1 aliphatic heterocycles. The second-order valence-corrected chi connectivity index (χ2v) is 9.63. The van der Waals surface area contributed by atoms with E-state index in [1.165, 1.54) is 0 Å². The van der Waals surface area contributed by atoms with Crippen LogP contribution in [0.15, 0.2) is 0 Å². The Hall–Kier alpha value is -0.770. The molecule has 0 radical (unpaired) electrons. The number of carbonyl (C=O) groups is 1. The van der Waals surface area contributed by atoms with Crippen LogP contribution in [0.4, 0.5) is 4.79 Å². The summed E-state index contributed by atoms with van der Waals surface area (Å²) >= 11 is 0. The maximum absolute atomic E-state index is 12.4. The summed E-state index contributed by atoms with van der Waals surface area (Å²) < 4.78 is 5.52. The standard InChI is InChI=1S/C18H35NO3/c1-16(2,3)11-14(20)9-13-10-18(7,8)19(12-13)15(21)22-17(4,5)6/h13-14,20H,9-12H2,1-8H3. The Morgan fingerprint density at radius 1 is 1.27 bits per heavy atom. The zero-order valence-corrected chi connectivity index (χ0v) is 15.7. The molecule has 1 rings (SSSR count). The monoisotopic (exact) mass is 313 g/mol. The quantitative estimate of drug-likeness (QED) is 0.849. The van der Waals surface area contributed by atoms with Crippen molar-refractivity contribution in [2.75, 3.05) is 6.54 Å². The van der Waals surface area contributed by atoms with E-state index in [9.17, 15) is 9.90 Å². The minimum absolute atomic E-state index is 0.123. The number of aliphatic hydroxyl groups is 1. The Morgan fingerprint density at radius 2 is 1.82 bits per heavy atom. The third-order valence-corrected chi connectivity index (χ3v) is 4.03. The van der Waals surface area contributed by atoms with Crippen molar-refractivity contribution in [1.82, 2.24) is 4.90 Å². The first kappa shape index (κ1) is 19.3.